The molecule has 0 fully saturated rings. The number of benzene rings is 13. The second-order valence-corrected chi connectivity index (χ2v) is 27.6. The monoisotopic (exact) mass is 1410 g/mol. The second kappa shape index (κ2) is 26.1. The fraction of sp³-hybridized carbons (Fsp3) is 0.0323. The van der Waals surface area contributed by atoms with Crippen LogP contribution in [0.2, 0.25) is 0 Å². The molecule has 0 aliphatic carbocycles. The van der Waals surface area contributed by atoms with Crippen molar-refractivity contribution in [2.24, 2.45) is 9.98 Å². The molecule has 0 unspecified atom stereocenters. The van der Waals surface area contributed by atoms with E-state index in [9.17, 15) is 18.4 Å². The number of alkyl halides is 3. The van der Waals surface area contributed by atoms with Crippen LogP contribution in [0.1, 0.15) is 27.8 Å². The molecule has 6 heterocycles. The number of nitrogens with zero attached hydrogens (tertiary/aromatic N) is 10. The van der Waals surface area contributed by atoms with E-state index in [1.54, 1.807) is 15.0 Å². The Bertz CT molecular complexity index is 6770. The van der Waals surface area contributed by atoms with Gasteiger partial charge in [-0.15, -0.1) is 0 Å². The van der Waals surface area contributed by atoms with Crippen molar-refractivity contribution in [2.75, 3.05) is 9.80 Å². The topological polar surface area (TPSA) is 77.0 Å². The van der Waals surface area contributed by atoms with E-state index in [1.807, 2.05) is 174 Å². The predicted molar refractivity (Wildman–Crippen MR) is 429 cm³/mol. The third kappa shape index (κ3) is 11.3. The summed E-state index contributed by atoms with van der Waals surface area (Å²) in [6, 6.07) is 104. The van der Waals surface area contributed by atoms with Crippen LogP contribution in [0.4, 0.5) is 63.2 Å². The zero-order chi connectivity index (χ0) is 73.8. The van der Waals surface area contributed by atoms with Crippen LogP contribution in [0.25, 0.3) is 115 Å². The molecule has 10 nitrogen and oxygen atoms in total. The maximum Gasteiger partial charge on any atom is 0.727 e. The Morgan fingerprint density at radius 2 is 0.927 bits per heavy atom. The first kappa shape index (κ1) is 65.5. The molecular weight excluding hydrogens is 1350 g/mol. The van der Waals surface area contributed by atoms with E-state index in [-0.39, 0.29) is 16.7 Å². The lowest BCUT2D eigenvalue weighted by atomic mass is 9.93. The number of aromatic nitrogens is 4. The molecule has 0 atom stereocenters. The summed E-state index contributed by atoms with van der Waals surface area (Å²) in [4.78, 5) is 18.4. The van der Waals surface area contributed by atoms with Gasteiger partial charge in [0.1, 0.15) is 0 Å². The number of hydrogen-bond donors (Lipinski definition) is 0. The number of pyridine rings is 2. The molecule has 513 valence electrons. The molecule has 0 spiro atoms. The fourth-order valence-corrected chi connectivity index (χ4v) is 15.9. The lowest BCUT2D eigenvalue weighted by molar-refractivity contribution is -0.535. The van der Waals surface area contributed by atoms with Gasteiger partial charge in [-0.25, -0.2) is 9.32 Å². The van der Waals surface area contributed by atoms with Gasteiger partial charge in [-0.1, -0.05) is 188 Å². The quantitative estimate of drug-likeness (QED) is 0.0379. The molecule has 109 heavy (non-hydrogen) atoms. The summed E-state index contributed by atoms with van der Waals surface area (Å²) in [5.74, 6) is 1.15. The smallest absolute Gasteiger partial charge is 0.311 e. The molecular formula is C93H59B2F4N10+2. The Kier molecular flexibility index (Phi) is 15.7. The molecule has 0 saturated carbocycles. The highest BCUT2D eigenvalue weighted by atomic mass is 19.4. The van der Waals surface area contributed by atoms with E-state index in [4.69, 9.17) is 16.6 Å². The van der Waals surface area contributed by atoms with Gasteiger partial charge in [-0.2, -0.15) is 18.4 Å². The highest BCUT2D eigenvalue weighted by Gasteiger charge is 2.41. The minimum Gasteiger partial charge on any atom is -0.311 e. The normalized spacial score (nSPS) is 12.5. The van der Waals surface area contributed by atoms with E-state index in [0.29, 0.717) is 50.0 Å². The van der Waals surface area contributed by atoms with Crippen molar-refractivity contribution in [3.8, 4) is 61.7 Å². The Morgan fingerprint density at radius 3 is 1.49 bits per heavy atom. The number of hydrogen-bond acceptors (Lipinski definition) is 5. The maximum absolute atomic E-state index is 17.5. The average Bonchev–Trinajstić information content (AvgIpc) is 1.57. The highest BCUT2D eigenvalue weighted by molar-refractivity contribution is 6.42. The predicted octanol–water partition coefficient (Wildman–Crippen LogP) is 21.9. The van der Waals surface area contributed by atoms with Crippen molar-refractivity contribution in [3.05, 3.63) is 372 Å². The van der Waals surface area contributed by atoms with Gasteiger partial charge in [0.25, 0.3) is 0 Å². The van der Waals surface area contributed by atoms with Crippen molar-refractivity contribution in [2.45, 2.75) is 20.0 Å². The van der Waals surface area contributed by atoms with Gasteiger partial charge in [0.05, 0.1) is 46.9 Å². The Morgan fingerprint density at radius 1 is 0.459 bits per heavy atom. The Balaban J connectivity index is 0.618. The molecule has 17 aromatic rings. The van der Waals surface area contributed by atoms with Crippen LogP contribution in [-0.4, -0.2) is 23.8 Å². The van der Waals surface area contributed by atoms with Crippen molar-refractivity contribution < 1.29 is 26.4 Å². The minimum absolute atomic E-state index is 0.138. The molecule has 19 rings (SSSR count). The summed E-state index contributed by atoms with van der Waals surface area (Å²) >= 11 is 0. The molecule has 16 heteroatoms. The third-order valence-corrected chi connectivity index (χ3v) is 21.2. The molecule has 2 aliphatic rings. The molecule has 2 aliphatic heterocycles. The minimum atomic E-state index is -4.51. The molecule has 13 aromatic carbocycles. The first-order valence-corrected chi connectivity index (χ1v) is 35.8. The Labute approximate surface area is 625 Å². The number of anilines is 6. The van der Waals surface area contributed by atoms with Crippen molar-refractivity contribution in [1.29, 1.82) is 5.26 Å². The number of rotatable bonds is 13. The van der Waals surface area contributed by atoms with E-state index in [2.05, 4.69) is 174 Å². The standard InChI is InChI=1S/C93H59B2F4N10/c1-58-20-47-76(59(2)54-58)77-49-51-85-88-78(77)16-10-18-80(88)92-103-87-53-34-69(57-105(87)95(99)109(85)92)65-27-41-73(42-28-65)106(70-35-21-62(22-36-70)60-12-6-4-7-13-60)74-43-29-66(30-44-74)82(55-100)90(101-3)67-31-45-75(46-32-67)107(71-37-23-63(24-38-71)61-14-8-5-9-15-61)72-39-25-64(26-40-72)68-33-52-86-102-91-81-48-50-83(93(96,97)98)79-17-11-19-84(89(79)81)108(91)94-104(86)56-68/h4-54,56-57H,1-2H3/q+2/b90-82-. The largest absolute Gasteiger partial charge is 0.727 e. The summed E-state index contributed by atoms with van der Waals surface area (Å²) in [5, 5.41) is 15.3. The van der Waals surface area contributed by atoms with Gasteiger partial charge in [0, 0.05) is 79.2 Å². The molecule has 1 radical (unpaired) electrons. The van der Waals surface area contributed by atoms with Crippen LogP contribution >= 0.6 is 0 Å². The van der Waals surface area contributed by atoms with Crippen molar-refractivity contribution in [1.82, 2.24) is 8.96 Å². The SMILES string of the molecule is [C-]#[N+]/C(=C(/C#N)c1ccc(N(c2ccc(-c3ccccc3)cc2)c2ccc(-c3ccc4[n+](c3)B(F)n3c(c5cccc6c(-c7ccc(C)cc7C)ccc3c65)=N4)cc2)cc1)c1ccc(N(c2ccc(-c3ccccc3)cc2)c2ccc(-c3ccc4[n+](c3)[B]n3c(c5ccc(C(F)(F)F)c6cccc3c65)=N4)cc2)cc1. The van der Waals surface area contributed by atoms with Crippen LogP contribution in [0, 0.1) is 31.8 Å². The highest BCUT2D eigenvalue weighted by Crippen LogP contribution is 2.44. The van der Waals surface area contributed by atoms with Crippen LogP contribution in [0.15, 0.2) is 332 Å². The van der Waals surface area contributed by atoms with Gasteiger partial charge < -0.3 is 14.3 Å². The van der Waals surface area contributed by atoms with Crippen molar-refractivity contribution >= 4 is 115 Å². The van der Waals surface area contributed by atoms with Crippen LogP contribution < -0.4 is 29.7 Å². The first-order valence-electron chi connectivity index (χ1n) is 35.8. The zero-order valence-electron chi connectivity index (χ0n) is 58.7. The fourth-order valence-electron chi connectivity index (χ4n) is 15.9. The number of allylic oxidation sites excluding steroid dienone is 1. The molecule has 4 aromatic heterocycles. The summed E-state index contributed by atoms with van der Waals surface area (Å²) < 4.78 is 67.2. The summed E-state index contributed by atoms with van der Waals surface area (Å²) in [6.45, 7) is 12.9. The van der Waals surface area contributed by atoms with E-state index < -0.39 is 19.0 Å². The van der Waals surface area contributed by atoms with Gasteiger partial charge in [0.2, 0.25) is 16.7 Å². The third-order valence-electron chi connectivity index (χ3n) is 21.2. The van der Waals surface area contributed by atoms with Gasteiger partial charge >= 0.3 is 32.6 Å². The zero-order valence-corrected chi connectivity index (χ0v) is 58.7. The Hall–Kier alpha value is -14.2. The maximum atomic E-state index is 17.5. The number of nitriles is 1. The first-order chi connectivity index (χ1) is 53.3. The van der Waals surface area contributed by atoms with Crippen LogP contribution in [0.5, 0.6) is 0 Å². The molecule has 0 bridgehead atoms. The summed E-state index contributed by atoms with van der Waals surface area (Å²) in [5.41, 5.74) is 21.1. The van der Waals surface area contributed by atoms with Crippen LogP contribution in [0.3, 0.4) is 0 Å². The van der Waals surface area contributed by atoms with Gasteiger partial charge in [-0.05, 0) is 211 Å². The number of halogens is 4. The van der Waals surface area contributed by atoms with Crippen LogP contribution in [-0.2, 0) is 6.18 Å². The van der Waals surface area contributed by atoms with E-state index in [0.717, 1.165) is 118 Å². The second-order valence-electron chi connectivity index (χ2n) is 27.6. The molecule has 0 amide bonds. The van der Waals surface area contributed by atoms with E-state index in [1.165, 1.54) is 23.3 Å². The van der Waals surface area contributed by atoms with Gasteiger partial charge in [0.15, 0.2) is 0 Å². The summed E-state index contributed by atoms with van der Waals surface area (Å²) in [6.07, 6.45) is -0.692. The van der Waals surface area contributed by atoms with E-state index >= 15 is 4.32 Å². The lowest BCUT2D eigenvalue weighted by Gasteiger charge is -2.26. The number of aryl methyl sites for hydroxylation is 2. The molecule has 0 saturated heterocycles. The van der Waals surface area contributed by atoms with Crippen molar-refractivity contribution in [3.63, 3.8) is 0 Å². The summed E-state index contributed by atoms with van der Waals surface area (Å²) in [7, 11) is 0.310. The average molecular weight is 1410 g/mol. The van der Waals surface area contributed by atoms with Gasteiger partial charge in [-0.3, -0.25) is 13.3 Å². The molecule has 0 N–H and O–H groups in total. The number of fused-ring (bicyclic) bond motifs is 8. The lowest BCUT2D eigenvalue weighted by Crippen LogP contribution is -2.58.